The minimum absolute atomic E-state index is 0.0997. The molecule has 0 unspecified atom stereocenters. The number of carbonyl (C=O) groups is 1. The molecule has 0 bridgehead atoms. The van der Waals surface area contributed by atoms with Crippen molar-refractivity contribution in [3.63, 3.8) is 0 Å². The summed E-state index contributed by atoms with van der Waals surface area (Å²) in [5, 5.41) is 14.2. The maximum Gasteiger partial charge on any atom is 0.270 e. The average Bonchev–Trinajstić information content (AvgIpc) is 3.46. The summed E-state index contributed by atoms with van der Waals surface area (Å²) >= 11 is 0. The Labute approximate surface area is 188 Å². The van der Waals surface area contributed by atoms with E-state index in [1.165, 1.54) is 0 Å². The van der Waals surface area contributed by atoms with E-state index in [9.17, 15) is 9.90 Å². The van der Waals surface area contributed by atoms with Gasteiger partial charge in [0, 0.05) is 44.1 Å². The zero-order valence-corrected chi connectivity index (χ0v) is 18.5. The molecular formula is C25H31N3O4. The van der Waals surface area contributed by atoms with Gasteiger partial charge in [0.2, 0.25) is 0 Å². The van der Waals surface area contributed by atoms with Gasteiger partial charge in [0.15, 0.2) is 0 Å². The molecule has 0 radical (unpaired) electrons. The molecule has 7 heteroatoms. The van der Waals surface area contributed by atoms with Crippen LogP contribution in [0.4, 0.5) is 0 Å². The van der Waals surface area contributed by atoms with Crippen LogP contribution in [0.3, 0.4) is 0 Å². The number of aliphatic hydroxyl groups is 1. The summed E-state index contributed by atoms with van der Waals surface area (Å²) in [6, 6.07) is 17.3. The van der Waals surface area contributed by atoms with Gasteiger partial charge < -0.3 is 29.4 Å². The van der Waals surface area contributed by atoms with Crippen molar-refractivity contribution in [3.05, 3.63) is 60.3 Å². The van der Waals surface area contributed by atoms with Crippen LogP contribution in [0.1, 0.15) is 23.3 Å². The number of para-hydroxylation sites is 1. The number of aliphatic hydroxyl groups excluding tert-OH is 1. The lowest BCUT2D eigenvalue weighted by molar-refractivity contribution is 0.0784. The lowest BCUT2D eigenvalue weighted by Gasteiger charge is -2.15. The first-order chi connectivity index (χ1) is 15.6. The second-order valence-electron chi connectivity index (χ2n) is 8.14. The molecule has 4 rings (SSSR count). The molecule has 0 spiro atoms. The van der Waals surface area contributed by atoms with Crippen LogP contribution >= 0.6 is 0 Å². The van der Waals surface area contributed by atoms with Crippen molar-refractivity contribution in [1.29, 1.82) is 0 Å². The lowest BCUT2D eigenvalue weighted by atomic mass is 10.2. The molecule has 1 amide bonds. The summed E-state index contributed by atoms with van der Waals surface area (Å²) in [5.74, 6) is 1.61. The molecule has 170 valence electrons. The van der Waals surface area contributed by atoms with Crippen LogP contribution in [0.25, 0.3) is 10.9 Å². The number of ether oxygens (including phenoxy) is 2. The first-order valence-corrected chi connectivity index (χ1v) is 11.2. The van der Waals surface area contributed by atoms with Gasteiger partial charge >= 0.3 is 0 Å². The Morgan fingerprint density at radius 1 is 1.06 bits per heavy atom. The third-order valence-corrected chi connectivity index (χ3v) is 5.74. The molecule has 2 aromatic carbocycles. The minimum Gasteiger partial charge on any atom is -0.492 e. The average molecular weight is 438 g/mol. The first kappa shape index (κ1) is 22.2. The molecule has 1 saturated heterocycles. The van der Waals surface area contributed by atoms with Crippen molar-refractivity contribution in [2.45, 2.75) is 18.9 Å². The van der Waals surface area contributed by atoms with Gasteiger partial charge in [-0.25, -0.2) is 0 Å². The van der Waals surface area contributed by atoms with Gasteiger partial charge in [-0.2, -0.15) is 0 Å². The van der Waals surface area contributed by atoms with Gasteiger partial charge in [-0.15, -0.1) is 0 Å². The normalized spacial score (nSPS) is 14.6. The van der Waals surface area contributed by atoms with E-state index in [-0.39, 0.29) is 12.5 Å². The van der Waals surface area contributed by atoms with E-state index in [1.54, 1.807) is 0 Å². The highest BCUT2D eigenvalue weighted by Crippen LogP contribution is 2.25. The maximum absolute atomic E-state index is 12.8. The predicted octanol–water partition coefficient (Wildman–Crippen LogP) is 2.82. The van der Waals surface area contributed by atoms with Crippen LogP contribution in [-0.4, -0.2) is 66.0 Å². The Bertz CT molecular complexity index is 1030. The van der Waals surface area contributed by atoms with E-state index in [2.05, 4.69) is 5.32 Å². The molecule has 7 nitrogen and oxygen atoms in total. The predicted molar refractivity (Wildman–Crippen MR) is 124 cm³/mol. The highest BCUT2D eigenvalue weighted by molar-refractivity contribution is 5.99. The van der Waals surface area contributed by atoms with Crippen molar-refractivity contribution in [2.24, 2.45) is 7.05 Å². The molecule has 0 aliphatic carbocycles. The molecule has 1 aliphatic heterocycles. The Morgan fingerprint density at radius 3 is 2.62 bits per heavy atom. The largest absolute Gasteiger partial charge is 0.492 e. The topological polar surface area (TPSA) is 76.0 Å². The van der Waals surface area contributed by atoms with Crippen LogP contribution in [-0.2, 0) is 7.05 Å². The van der Waals surface area contributed by atoms with Crippen molar-refractivity contribution in [1.82, 2.24) is 14.8 Å². The van der Waals surface area contributed by atoms with Crippen LogP contribution in [0.15, 0.2) is 54.6 Å². The number of benzene rings is 2. The standard InChI is InChI=1S/C25H31N3O4/c1-27-23-10-9-22(15-19(23)16-24(27)25(30)28-12-5-6-13-28)31-14-11-26-17-20(29)18-32-21-7-3-2-4-8-21/h2-4,7-10,15-16,20,26,29H,5-6,11-14,17-18H2,1H3/t20-/m0/s1. The number of carbonyl (C=O) groups excluding carboxylic acids is 1. The van der Waals surface area contributed by atoms with Crippen LogP contribution in [0.2, 0.25) is 0 Å². The van der Waals surface area contributed by atoms with Crippen molar-refractivity contribution < 1.29 is 19.4 Å². The number of amides is 1. The van der Waals surface area contributed by atoms with Gasteiger partial charge in [-0.3, -0.25) is 4.79 Å². The van der Waals surface area contributed by atoms with Gasteiger partial charge in [-0.05, 0) is 49.2 Å². The lowest BCUT2D eigenvalue weighted by Crippen LogP contribution is -2.33. The fraction of sp³-hybridized carbons (Fsp3) is 0.400. The van der Waals surface area contributed by atoms with E-state index >= 15 is 0 Å². The smallest absolute Gasteiger partial charge is 0.270 e. The third kappa shape index (κ3) is 5.41. The monoisotopic (exact) mass is 437 g/mol. The molecule has 1 aromatic heterocycles. The number of hydrogen-bond donors (Lipinski definition) is 2. The number of nitrogens with one attached hydrogen (secondary N) is 1. The summed E-state index contributed by atoms with van der Waals surface area (Å²) in [6.45, 7) is 3.43. The van der Waals surface area contributed by atoms with Crippen molar-refractivity contribution >= 4 is 16.8 Å². The Morgan fingerprint density at radius 2 is 1.84 bits per heavy atom. The number of hydrogen-bond acceptors (Lipinski definition) is 5. The number of fused-ring (bicyclic) bond motifs is 1. The molecule has 0 saturated carbocycles. The minimum atomic E-state index is -0.595. The van der Waals surface area contributed by atoms with Crippen LogP contribution in [0.5, 0.6) is 11.5 Å². The Kier molecular flexibility index (Phi) is 7.29. The quantitative estimate of drug-likeness (QED) is 0.477. The maximum atomic E-state index is 12.8. The molecule has 1 atom stereocenters. The van der Waals surface area contributed by atoms with E-state index in [0.717, 1.165) is 48.3 Å². The summed E-state index contributed by atoms with van der Waals surface area (Å²) in [7, 11) is 1.93. The van der Waals surface area contributed by atoms with Crippen LogP contribution < -0.4 is 14.8 Å². The summed E-state index contributed by atoms with van der Waals surface area (Å²) in [4.78, 5) is 14.7. The molecular weight excluding hydrogens is 406 g/mol. The number of rotatable bonds is 10. The molecule has 3 aromatic rings. The van der Waals surface area contributed by atoms with Gasteiger partial charge in [0.1, 0.15) is 36.5 Å². The third-order valence-electron chi connectivity index (χ3n) is 5.74. The number of aromatic nitrogens is 1. The molecule has 32 heavy (non-hydrogen) atoms. The molecule has 2 heterocycles. The Hall–Kier alpha value is -3.03. The van der Waals surface area contributed by atoms with E-state index in [1.807, 2.05) is 71.1 Å². The second-order valence-corrected chi connectivity index (χ2v) is 8.14. The van der Waals surface area contributed by atoms with E-state index < -0.39 is 6.10 Å². The number of nitrogens with zero attached hydrogens (tertiary/aromatic N) is 2. The highest BCUT2D eigenvalue weighted by atomic mass is 16.5. The van der Waals surface area contributed by atoms with Gasteiger partial charge in [0.05, 0.1) is 0 Å². The van der Waals surface area contributed by atoms with Gasteiger partial charge in [-0.1, -0.05) is 18.2 Å². The van der Waals surface area contributed by atoms with E-state index in [0.29, 0.717) is 25.4 Å². The molecule has 1 fully saturated rings. The Balaban J connectivity index is 1.22. The summed E-state index contributed by atoms with van der Waals surface area (Å²) in [5.41, 5.74) is 1.73. The molecule has 2 N–H and O–H groups in total. The van der Waals surface area contributed by atoms with Crippen molar-refractivity contribution in [2.75, 3.05) is 39.4 Å². The summed E-state index contributed by atoms with van der Waals surface area (Å²) in [6.07, 6.45) is 1.57. The zero-order chi connectivity index (χ0) is 22.3. The zero-order valence-electron chi connectivity index (χ0n) is 18.5. The van der Waals surface area contributed by atoms with E-state index in [4.69, 9.17) is 9.47 Å². The van der Waals surface area contributed by atoms with Gasteiger partial charge in [0.25, 0.3) is 5.91 Å². The number of likely N-dealkylation sites (tertiary alicyclic amines) is 1. The fourth-order valence-electron chi connectivity index (χ4n) is 3.98. The second kappa shape index (κ2) is 10.5. The first-order valence-electron chi connectivity index (χ1n) is 11.2. The SMILES string of the molecule is Cn1c(C(=O)N2CCCC2)cc2cc(OCCNC[C@H](O)COc3ccccc3)ccc21. The van der Waals surface area contributed by atoms with Crippen molar-refractivity contribution in [3.8, 4) is 11.5 Å². The molecule has 1 aliphatic rings. The number of aryl methyl sites for hydroxylation is 1. The summed E-state index contributed by atoms with van der Waals surface area (Å²) < 4.78 is 13.4. The van der Waals surface area contributed by atoms with Crippen LogP contribution in [0, 0.1) is 0 Å². The highest BCUT2D eigenvalue weighted by Gasteiger charge is 2.22. The fourth-order valence-corrected chi connectivity index (χ4v) is 3.98.